The van der Waals surface area contributed by atoms with Crippen LogP contribution in [0.3, 0.4) is 0 Å². The van der Waals surface area contributed by atoms with Gasteiger partial charge in [0.1, 0.15) is 0 Å². The summed E-state index contributed by atoms with van der Waals surface area (Å²) >= 11 is 0. The van der Waals surface area contributed by atoms with Crippen LogP contribution in [0.5, 0.6) is 0 Å². The van der Waals surface area contributed by atoms with Gasteiger partial charge in [0.2, 0.25) is 0 Å². The van der Waals surface area contributed by atoms with Crippen molar-refractivity contribution in [1.82, 2.24) is 0 Å². The minimum Gasteiger partial charge on any atom is -0.380 e. The topological polar surface area (TPSA) is 12.0 Å². The minimum absolute atomic E-state index is 0.861. The molecule has 4 rings (SSSR count). The second kappa shape index (κ2) is 5.03. The number of benzene rings is 3. The first-order valence-corrected chi connectivity index (χ1v) is 7.76. The van der Waals surface area contributed by atoms with Crippen molar-refractivity contribution < 1.29 is 0 Å². The summed E-state index contributed by atoms with van der Waals surface area (Å²) in [6.45, 7) is 5.17. The lowest BCUT2D eigenvalue weighted by atomic mass is 9.88. The molecule has 0 spiro atoms. The monoisotopic (exact) mass is 285 g/mol. The van der Waals surface area contributed by atoms with E-state index in [0.29, 0.717) is 0 Å². The fourth-order valence-corrected chi connectivity index (χ4v) is 3.28. The van der Waals surface area contributed by atoms with E-state index >= 15 is 0 Å². The molecule has 0 saturated heterocycles. The van der Waals surface area contributed by atoms with E-state index in [1.807, 2.05) is 0 Å². The molecule has 0 radical (unpaired) electrons. The van der Waals surface area contributed by atoms with E-state index in [1.165, 1.54) is 44.6 Å². The summed E-state index contributed by atoms with van der Waals surface area (Å²) in [6, 6.07) is 22.1. The molecule has 0 unspecified atom stereocenters. The Morgan fingerprint density at radius 1 is 0.682 bits per heavy atom. The van der Waals surface area contributed by atoms with E-state index in [0.717, 1.165) is 6.54 Å². The SMILES string of the molecule is Cc1ccc2c(c1)NCc1ccccc1-c1cc(C)ccc1-2. The molecule has 1 heterocycles. The standard InChI is InChI=1S/C21H19N/c1-14-7-9-18-19-10-8-15(2)12-21(19)22-13-16-5-3-4-6-17(16)20(18)11-14/h3-12,22H,13H2,1-2H3. The molecule has 3 aromatic carbocycles. The summed E-state index contributed by atoms with van der Waals surface area (Å²) in [4.78, 5) is 0. The van der Waals surface area contributed by atoms with E-state index in [4.69, 9.17) is 0 Å². The maximum Gasteiger partial charge on any atom is 0.0425 e. The first-order valence-electron chi connectivity index (χ1n) is 7.76. The highest BCUT2D eigenvalue weighted by atomic mass is 14.9. The van der Waals surface area contributed by atoms with Crippen molar-refractivity contribution in [3.05, 3.63) is 77.4 Å². The van der Waals surface area contributed by atoms with Gasteiger partial charge in [0.05, 0.1) is 0 Å². The average molecular weight is 285 g/mol. The van der Waals surface area contributed by atoms with Gasteiger partial charge >= 0.3 is 0 Å². The molecular formula is C21H19N. The van der Waals surface area contributed by atoms with Gasteiger partial charge in [-0.2, -0.15) is 0 Å². The molecule has 1 heteroatoms. The highest BCUT2D eigenvalue weighted by molar-refractivity contribution is 5.91. The molecule has 1 nitrogen and oxygen atoms in total. The highest BCUT2D eigenvalue weighted by Crippen LogP contribution is 2.40. The molecule has 0 aromatic heterocycles. The summed E-state index contributed by atoms with van der Waals surface area (Å²) in [5.74, 6) is 0. The van der Waals surface area contributed by atoms with Crippen molar-refractivity contribution in [1.29, 1.82) is 0 Å². The zero-order valence-corrected chi connectivity index (χ0v) is 13.0. The summed E-state index contributed by atoms with van der Waals surface area (Å²) in [5.41, 5.74) is 10.4. The highest BCUT2D eigenvalue weighted by Gasteiger charge is 2.17. The largest absolute Gasteiger partial charge is 0.380 e. The van der Waals surface area contributed by atoms with Crippen molar-refractivity contribution in [2.75, 3.05) is 5.32 Å². The molecule has 108 valence electrons. The van der Waals surface area contributed by atoms with E-state index in [-0.39, 0.29) is 0 Å². The predicted octanol–water partition coefficient (Wildman–Crippen LogP) is 5.56. The quantitative estimate of drug-likeness (QED) is 0.570. The van der Waals surface area contributed by atoms with Gasteiger partial charge in [0.15, 0.2) is 0 Å². The van der Waals surface area contributed by atoms with Crippen molar-refractivity contribution in [2.45, 2.75) is 20.4 Å². The second-order valence-corrected chi connectivity index (χ2v) is 6.11. The van der Waals surface area contributed by atoms with E-state index in [2.05, 4.69) is 79.8 Å². The van der Waals surface area contributed by atoms with Crippen LogP contribution < -0.4 is 5.32 Å². The molecule has 0 fully saturated rings. The lowest BCUT2D eigenvalue weighted by molar-refractivity contribution is 1.14. The summed E-state index contributed by atoms with van der Waals surface area (Å²) < 4.78 is 0. The van der Waals surface area contributed by atoms with Gasteiger partial charge in [-0.1, -0.05) is 60.2 Å². The molecule has 22 heavy (non-hydrogen) atoms. The van der Waals surface area contributed by atoms with Crippen molar-refractivity contribution in [3.8, 4) is 22.3 Å². The third-order valence-corrected chi connectivity index (χ3v) is 4.42. The van der Waals surface area contributed by atoms with Gasteiger partial charge in [-0.3, -0.25) is 0 Å². The van der Waals surface area contributed by atoms with Crippen molar-refractivity contribution in [3.63, 3.8) is 0 Å². The predicted molar refractivity (Wildman–Crippen MR) is 94.1 cm³/mol. The van der Waals surface area contributed by atoms with Crippen LogP contribution >= 0.6 is 0 Å². The number of nitrogens with one attached hydrogen (secondary N) is 1. The Kier molecular flexibility index (Phi) is 3.00. The van der Waals surface area contributed by atoms with Crippen LogP contribution in [0.15, 0.2) is 60.7 Å². The average Bonchev–Trinajstić information content (AvgIpc) is 2.52. The third-order valence-electron chi connectivity index (χ3n) is 4.42. The van der Waals surface area contributed by atoms with Gasteiger partial charge in [-0.15, -0.1) is 0 Å². The zero-order chi connectivity index (χ0) is 15.1. The Morgan fingerprint density at radius 3 is 2.27 bits per heavy atom. The van der Waals surface area contributed by atoms with Crippen LogP contribution in [-0.4, -0.2) is 0 Å². The summed E-state index contributed by atoms with van der Waals surface area (Å²) in [6.07, 6.45) is 0. The first-order chi connectivity index (χ1) is 10.7. The zero-order valence-electron chi connectivity index (χ0n) is 13.0. The van der Waals surface area contributed by atoms with Crippen LogP contribution in [-0.2, 0) is 6.54 Å². The van der Waals surface area contributed by atoms with Crippen LogP contribution in [0.1, 0.15) is 16.7 Å². The molecule has 0 bridgehead atoms. The molecule has 3 aromatic rings. The van der Waals surface area contributed by atoms with E-state index < -0.39 is 0 Å². The van der Waals surface area contributed by atoms with E-state index in [9.17, 15) is 0 Å². The van der Waals surface area contributed by atoms with Gasteiger partial charge in [-0.25, -0.2) is 0 Å². The second-order valence-electron chi connectivity index (χ2n) is 6.11. The minimum atomic E-state index is 0.861. The Morgan fingerprint density at radius 2 is 1.41 bits per heavy atom. The number of aryl methyl sites for hydroxylation is 2. The van der Waals surface area contributed by atoms with Gasteiger partial charge in [-0.05, 0) is 47.7 Å². The number of anilines is 1. The lowest BCUT2D eigenvalue weighted by Crippen LogP contribution is -2.06. The van der Waals surface area contributed by atoms with Gasteiger partial charge in [0, 0.05) is 17.8 Å². The van der Waals surface area contributed by atoms with Crippen LogP contribution in [0, 0.1) is 13.8 Å². The smallest absolute Gasteiger partial charge is 0.0425 e. The Bertz CT molecular complexity index is 862. The van der Waals surface area contributed by atoms with Crippen LogP contribution in [0.2, 0.25) is 0 Å². The molecule has 0 saturated carbocycles. The maximum absolute atomic E-state index is 3.62. The van der Waals surface area contributed by atoms with Gasteiger partial charge < -0.3 is 5.32 Å². The third kappa shape index (κ3) is 2.10. The molecule has 1 aliphatic rings. The lowest BCUT2D eigenvalue weighted by Gasteiger charge is -2.22. The molecule has 0 aliphatic carbocycles. The first kappa shape index (κ1) is 13.1. The number of rotatable bonds is 0. The summed E-state index contributed by atoms with van der Waals surface area (Å²) in [7, 11) is 0. The number of hydrogen-bond donors (Lipinski definition) is 1. The fourth-order valence-electron chi connectivity index (χ4n) is 3.28. The molecule has 0 atom stereocenters. The summed E-state index contributed by atoms with van der Waals surface area (Å²) in [5, 5.41) is 3.62. The molecule has 1 N–H and O–H groups in total. The molecular weight excluding hydrogens is 266 g/mol. The van der Waals surface area contributed by atoms with Crippen LogP contribution in [0.4, 0.5) is 5.69 Å². The number of fused-ring (bicyclic) bond motifs is 5. The molecule has 0 amide bonds. The Hall–Kier alpha value is -2.54. The van der Waals surface area contributed by atoms with Crippen molar-refractivity contribution >= 4 is 5.69 Å². The van der Waals surface area contributed by atoms with Crippen LogP contribution in [0.25, 0.3) is 22.3 Å². The normalized spacial score (nSPS) is 12.3. The number of hydrogen-bond acceptors (Lipinski definition) is 1. The maximum atomic E-state index is 3.62. The Labute approximate surface area is 131 Å². The fraction of sp³-hybridized carbons (Fsp3) is 0.143. The van der Waals surface area contributed by atoms with Gasteiger partial charge in [0.25, 0.3) is 0 Å². The van der Waals surface area contributed by atoms with Crippen molar-refractivity contribution in [2.24, 2.45) is 0 Å². The molecule has 1 aliphatic heterocycles. The Balaban J connectivity index is 2.07. The van der Waals surface area contributed by atoms with E-state index in [1.54, 1.807) is 0 Å².